The van der Waals surface area contributed by atoms with Crippen LogP contribution in [0.1, 0.15) is 38.2 Å². The van der Waals surface area contributed by atoms with Gasteiger partial charge in [0.15, 0.2) is 0 Å². The topological polar surface area (TPSA) is 95.0 Å². The summed E-state index contributed by atoms with van der Waals surface area (Å²) in [6.45, 7) is 3.93. The summed E-state index contributed by atoms with van der Waals surface area (Å²) in [6, 6.07) is 15.8. The van der Waals surface area contributed by atoms with Crippen molar-refractivity contribution >= 4 is 29.3 Å². The van der Waals surface area contributed by atoms with Crippen molar-refractivity contribution in [3.05, 3.63) is 71.8 Å². The number of carbonyl (C=O) groups excluding carboxylic acids is 4. The van der Waals surface area contributed by atoms with Gasteiger partial charge in [-0.1, -0.05) is 48.0 Å². The summed E-state index contributed by atoms with van der Waals surface area (Å²) in [7, 11) is 0. The number of carbonyl (C=O) groups is 4. The van der Waals surface area contributed by atoms with Gasteiger partial charge in [-0.3, -0.25) is 24.1 Å². The summed E-state index contributed by atoms with van der Waals surface area (Å²) < 4.78 is 0. The third-order valence-corrected chi connectivity index (χ3v) is 8.94. The Morgan fingerprint density at radius 1 is 0.917 bits per heavy atom. The van der Waals surface area contributed by atoms with Crippen LogP contribution in [-0.2, 0) is 19.2 Å². The van der Waals surface area contributed by atoms with Crippen molar-refractivity contribution in [2.24, 2.45) is 29.1 Å². The number of aromatic hydroxyl groups is 1. The maximum atomic E-state index is 14.2. The molecule has 2 aromatic rings. The van der Waals surface area contributed by atoms with Crippen molar-refractivity contribution in [1.29, 1.82) is 0 Å². The predicted octanol–water partition coefficient (Wildman–Crippen LogP) is 3.64. The molecule has 6 rings (SSSR count). The normalized spacial score (nSPS) is 33.4. The zero-order valence-electron chi connectivity index (χ0n) is 20.3. The molecule has 7 nitrogen and oxygen atoms in total. The molecule has 3 fully saturated rings. The summed E-state index contributed by atoms with van der Waals surface area (Å²) in [5, 5.41) is 10.9. The largest absolute Gasteiger partial charge is 0.508 e. The van der Waals surface area contributed by atoms with E-state index in [2.05, 4.69) is 0 Å². The van der Waals surface area contributed by atoms with Crippen molar-refractivity contribution in [2.45, 2.75) is 32.6 Å². The Kier molecular flexibility index (Phi) is 4.97. The molecule has 1 N–H and O–H groups in total. The van der Waals surface area contributed by atoms with Crippen molar-refractivity contribution in [3.8, 4) is 5.75 Å². The summed E-state index contributed by atoms with van der Waals surface area (Å²) >= 11 is 0. The minimum atomic E-state index is -1.14. The van der Waals surface area contributed by atoms with Crippen LogP contribution in [0.25, 0.3) is 0 Å². The van der Waals surface area contributed by atoms with Crippen LogP contribution in [0.4, 0.5) is 5.69 Å². The smallest absolute Gasteiger partial charge is 0.241 e. The number of anilines is 1. The Bertz CT molecular complexity index is 1330. The number of hydrogen-bond donors (Lipinski definition) is 1. The van der Waals surface area contributed by atoms with Crippen LogP contribution >= 0.6 is 0 Å². The molecule has 6 atom stereocenters. The number of phenolic OH excluding ortho intramolecular Hbond substituents is 1. The van der Waals surface area contributed by atoms with Gasteiger partial charge in [-0.15, -0.1) is 0 Å². The fourth-order valence-corrected chi connectivity index (χ4v) is 7.29. The Morgan fingerprint density at radius 3 is 2.31 bits per heavy atom. The van der Waals surface area contributed by atoms with E-state index < -0.39 is 29.1 Å². The molecular formula is C29H28N2O5. The highest BCUT2D eigenvalue weighted by Crippen LogP contribution is 2.64. The fourth-order valence-electron chi connectivity index (χ4n) is 7.29. The number of allylic oxidation sites excluding steroid dienone is 2. The van der Waals surface area contributed by atoms with Gasteiger partial charge >= 0.3 is 0 Å². The van der Waals surface area contributed by atoms with Gasteiger partial charge < -0.3 is 5.11 Å². The van der Waals surface area contributed by atoms with E-state index in [0.717, 1.165) is 5.57 Å². The first-order valence-electron chi connectivity index (χ1n) is 12.6. The number of likely N-dealkylation sites (tertiary alicyclic amines) is 1. The Morgan fingerprint density at radius 2 is 1.61 bits per heavy atom. The highest BCUT2D eigenvalue weighted by molar-refractivity contribution is 6.24. The molecule has 2 saturated heterocycles. The van der Waals surface area contributed by atoms with Crippen LogP contribution in [0, 0.1) is 29.1 Å². The fraction of sp³-hybridized carbons (Fsp3) is 0.379. The van der Waals surface area contributed by atoms with E-state index in [1.807, 2.05) is 25.1 Å². The Balaban J connectivity index is 1.54. The van der Waals surface area contributed by atoms with Crippen molar-refractivity contribution < 1.29 is 24.3 Å². The number of phenols is 1. The van der Waals surface area contributed by atoms with Gasteiger partial charge in [0.05, 0.1) is 28.9 Å². The van der Waals surface area contributed by atoms with E-state index in [4.69, 9.17) is 0 Å². The third-order valence-electron chi connectivity index (χ3n) is 8.94. The van der Waals surface area contributed by atoms with Gasteiger partial charge in [0.1, 0.15) is 5.75 Å². The molecule has 0 aromatic heterocycles. The zero-order valence-corrected chi connectivity index (χ0v) is 20.3. The van der Waals surface area contributed by atoms with Gasteiger partial charge in [-0.25, -0.2) is 4.90 Å². The van der Waals surface area contributed by atoms with Gasteiger partial charge in [-0.05, 0) is 50.8 Å². The lowest BCUT2D eigenvalue weighted by molar-refractivity contribution is -0.140. The average Bonchev–Trinajstić information content (AvgIpc) is 3.24. The Hall–Kier alpha value is -3.74. The quantitative estimate of drug-likeness (QED) is 0.530. The number of fused-ring (bicyclic) bond motifs is 4. The Labute approximate surface area is 209 Å². The summed E-state index contributed by atoms with van der Waals surface area (Å²) in [5.74, 6) is -3.53. The minimum absolute atomic E-state index is 0.0496. The number of benzene rings is 2. The summed E-state index contributed by atoms with van der Waals surface area (Å²) in [6.07, 6.45) is 2.72. The SMILES string of the molecule is CCN1C(=O)C2CC=C3C(CC4C(=O)N(c5ccccc5)C(=O)C4(C)C3c3ccccc3O)C2C1=O. The van der Waals surface area contributed by atoms with Crippen molar-refractivity contribution in [1.82, 2.24) is 4.90 Å². The lowest BCUT2D eigenvalue weighted by Gasteiger charge is -2.49. The molecular weight excluding hydrogens is 456 g/mol. The molecule has 6 unspecified atom stereocenters. The standard InChI is InChI=1S/C29H28N2O5/c1-3-30-25(33)19-14-13-17-20(23(19)27(30)35)15-21-26(34)31(16-9-5-4-6-10-16)28(36)29(21,2)24(17)18-11-7-8-12-22(18)32/h4-13,19-21,23-24,32H,3,14-15H2,1-2H3. The molecule has 0 spiro atoms. The van der Waals surface area contributed by atoms with E-state index >= 15 is 0 Å². The second kappa shape index (κ2) is 7.88. The average molecular weight is 485 g/mol. The zero-order chi connectivity index (χ0) is 25.4. The molecule has 2 aliphatic heterocycles. The second-order valence-electron chi connectivity index (χ2n) is 10.5. The van der Waals surface area contributed by atoms with Crippen LogP contribution in [0.5, 0.6) is 5.75 Å². The number of para-hydroxylation sites is 2. The molecule has 0 radical (unpaired) electrons. The van der Waals surface area contributed by atoms with E-state index in [0.29, 0.717) is 30.6 Å². The first kappa shape index (κ1) is 22.7. The van der Waals surface area contributed by atoms with Crippen molar-refractivity contribution in [3.63, 3.8) is 0 Å². The summed E-state index contributed by atoms with van der Waals surface area (Å²) in [5.41, 5.74) is 0.821. The highest BCUT2D eigenvalue weighted by atomic mass is 16.3. The first-order valence-corrected chi connectivity index (χ1v) is 12.6. The van der Waals surface area contributed by atoms with Crippen LogP contribution in [-0.4, -0.2) is 40.2 Å². The third kappa shape index (κ3) is 2.80. The van der Waals surface area contributed by atoms with Crippen LogP contribution in [0.15, 0.2) is 66.2 Å². The molecule has 36 heavy (non-hydrogen) atoms. The number of nitrogens with zero attached hydrogens (tertiary/aromatic N) is 2. The lowest BCUT2D eigenvalue weighted by Crippen LogP contribution is -2.48. The molecule has 184 valence electrons. The van der Waals surface area contributed by atoms with Crippen LogP contribution in [0.2, 0.25) is 0 Å². The first-order chi connectivity index (χ1) is 17.3. The highest BCUT2D eigenvalue weighted by Gasteiger charge is 2.67. The van der Waals surface area contributed by atoms with E-state index in [1.54, 1.807) is 49.4 Å². The number of rotatable bonds is 3. The molecule has 4 aliphatic rings. The summed E-state index contributed by atoms with van der Waals surface area (Å²) in [4.78, 5) is 57.1. The van der Waals surface area contributed by atoms with Gasteiger partial charge in [-0.2, -0.15) is 0 Å². The maximum absolute atomic E-state index is 14.2. The van der Waals surface area contributed by atoms with Crippen molar-refractivity contribution in [2.75, 3.05) is 11.4 Å². The van der Waals surface area contributed by atoms with Crippen LogP contribution in [0.3, 0.4) is 0 Å². The van der Waals surface area contributed by atoms with Gasteiger partial charge in [0.2, 0.25) is 23.6 Å². The molecule has 2 heterocycles. The van der Waals surface area contributed by atoms with Gasteiger partial charge in [0, 0.05) is 18.0 Å². The molecule has 2 aliphatic carbocycles. The van der Waals surface area contributed by atoms with Gasteiger partial charge in [0.25, 0.3) is 0 Å². The van der Waals surface area contributed by atoms with E-state index in [-0.39, 0.29) is 35.3 Å². The maximum Gasteiger partial charge on any atom is 0.241 e. The van der Waals surface area contributed by atoms with E-state index in [9.17, 15) is 24.3 Å². The molecule has 0 bridgehead atoms. The lowest BCUT2D eigenvalue weighted by atomic mass is 9.51. The van der Waals surface area contributed by atoms with E-state index in [1.165, 1.54) is 9.80 Å². The minimum Gasteiger partial charge on any atom is -0.508 e. The molecule has 1 saturated carbocycles. The van der Waals surface area contributed by atoms with Crippen LogP contribution < -0.4 is 4.90 Å². The number of hydrogen-bond acceptors (Lipinski definition) is 5. The number of amides is 4. The molecule has 4 amide bonds. The second-order valence-corrected chi connectivity index (χ2v) is 10.5. The predicted molar refractivity (Wildman–Crippen MR) is 132 cm³/mol. The molecule has 7 heteroatoms. The molecule has 2 aromatic carbocycles. The monoisotopic (exact) mass is 484 g/mol. The number of imide groups is 2.